The Morgan fingerprint density at radius 3 is 2.59 bits per heavy atom. The van der Waals surface area contributed by atoms with Gasteiger partial charge in [-0.1, -0.05) is 45.4 Å². The first-order valence-corrected chi connectivity index (χ1v) is 7.68. The Morgan fingerprint density at radius 2 is 1.88 bits per heavy atom. The van der Waals surface area contributed by atoms with Gasteiger partial charge in [-0.15, -0.1) is 0 Å². The topological polar surface area (TPSA) is 21.3 Å². The quantitative estimate of drug-likeness (QED) is 0.618. The predicted molar refractivity (Wildman–Crippen MR) is 74.4 cm³/mol. The molecule has 0 aliphatic heterocycles. The lowest BCUT2D eigenvalue weighted by Crippen LogP contribution is -2.36. The van der Waals surface area contributed by atoms with Gasteiger partial charge in [0.05, 0.1) is 6.10 Å². The summed E-state index contributed by atoms with van der Waals surface area (Å²) in [6.07, 6.45) is 12.5. The van der Waals surface area contributed by atoms with Crippen LogP contribution >= 0.6 is 0 Å². The van der Waals surface area contributed by atoms with Crippen molar-refractivity contribution in [3.8, 4) is 0 Å². The molecule has 1 unspecified atom stereocenters. The van der Waals surface area contributed by atoms with E-state index in [0.29, 0.717) is 6.10 Å². The molecule has 2 heteroatoms. The average molecular weight is 241 g/mol. The summed E-state index contributed by atoms with van der Waals surface area (Å²) in [6.45, 7) is 6.40. The van der Waals surface area contributed by atoms with E-state index in [0.717, 1.165) is 19.2 Å². The van der Waals surface area contributed by atoms with Crippen molar-refractivity contribution in [2.45, 2.75) is 83.8 Å². The van der Waals surface area contributed by atoms with Crippen LogP contribution in [0.15, 0.2) is 0 Å². The molecule has 0 amide bonds. The molecular formula is C15H31NO. The van der Waals surface area contributed by atoms with E-state index in [1.165, 1.54) is 57.8 Å². The van der Waals surface area contributed by atoms with Crippen molar-refractivity contribution in [2.75, 3.05) is 13.2 Å². The molecule has 0 bridgehead atoms. The molecule has 17 heavy (non-hydrogen) atoms. The van der Waals surface area contributed by atoms with Crippen LogP contribution in [0.1, 0.15) is 71.6 Å². The maximum absolute atomic E-state index is 5.82. The van der Waals surface area contributed by atoms with Crippen LogP contribution < -0.4 is 5.32 Å². The third-order valence-electron chi connectivity index (χ3n) is 3.70. The van der Waals surface area contributed by atoms with Crippen LogP contribution in [0.25, 0.3) is 0 Å². The Balaban J connectivity index is 1.91. The van der Waals surface area contributed by atoms with Gasteiger partial charge >= 0.3 is 0 Å². The number of ether oxygens (including phenoxy) is 1. The summed E-state index contributed by atoms with van der Waals surface area (Å²) in [5.41, 5.74) is 0. The van der Waals surface area contributed by atoms with Gasteiger partial charge in [-0.3, -0.25) is 0 Å². The molecule has 0 aromatic rings. The maximum Gasteiger partial charge on any atom is 0.0671 e. The van der Waals surface area contributed by atoms with Crippen molar-refractivity contribution >= 4 is 0 Å². The Morgan fingerprint density at radius 1 is 1.12 bits per heavy atom. The SMILES string of the molecule is CCCCCCOC(C)CNC1CCCCC1. The fourth-order valence-corrected chi connectivity index (χ4v) is 2.51. The zero-order valence-corrected chi connectivity index (χ0v) is 11.8. The molecular weight excluding hydrogens is 210 g/mol. The highest BCUT2D eigenvalue weighted by Gasteiger charge is 2.13. The van der Waals surface area contributed by atoms with Crippen molar-refractivity contribution in [1.82, 2.24) is 5.32 Å². The van der Waals surface area contributed by atoms with E-state index in [9.17, 15) is 0 Å². The molecule has 0 aromatic carbocycles. The van der Waals surface area contributed by atoms with Crippen molar-refractivity contribution < 1.29 is 4.74 Å². The first-order chi connectivity index (χ1) is 8.33. The third-order valence-corrected chi connectivity index (χ3v) is 3.70. The Labute approximate surface area is 108 Å². The second-order valence-electron chi connectivity index (χ2n) is 5.49. The minimum atomic E-state index is 0.374. The van der Waals surface area contributed by atoms with Crippen LogP contribution in [0.4, 0.5) is 0 Å². The highest BCUT2D eigenvalue weighted by Crippen LogP contribution is 2.17. The molecule has 1 aliphatic carbocycles. The van der Waals surface area contributed by atoms with Crippen molar-refractivity contribution in [3.05, 3.63) is 0 Å². The third kappa shape index (κ3) is 7.77. The van der Waals surface area contributed by atoms with Crippen LogP contribution in [0, 0.1) is 0 Å². The number of hydrogen-bond acceptors (Lipinski definition) is 2. The summed E-state index contributed by atoms with van der Waals surface area (Å²) in [4.78, 5) is 0. The molecule has 1 rings (SSSR count). The summed E-state index contributed by atoms with van der Waals surface area (Å²) >= 11 is 0. The van der Waals surface area contributed by atoms with E-state index in [2.05, 4.69) is 19.2 Å². The second-order valence-corrected chi connectivity index (χ2v) is 5.49. The summed E-state index contributed by atoms with van der Waals surface area (Å²) < 4.78 is 5.82. The van der Waals surface area contributed by atoms with E-state index in [1.54, 1.807) is 0 Å². The van der Waals surface area contributed by atoms with E-state index >= 15 is 0 Å². The van der Waals surface area contributed by atoms with Crippen LogP contribution in [-0.2, 0) is 4.74 Å². The lowest BCUT2D eigenvalue weighted by atomic mass is 9.95. The molecule has 1 atom stereocenters. The molecule has 0 spiro atoms. The molecule has 2 nitrogen and oxygen atoms in total. The van der Waals surface area contributed by atoms with Crippen molar-refractivity contribution in [3.63, 3.8) is 0 Å². The van der Waals surface area contributed by atoms with Gasteiger partial charge in [-0.05, 0) is 26.2 Å². The normalized spacial score (nSPS) is 19.4. The average Bonchev–Trinajstić information content (AvgIpc) is 2.37. The van der Waals surface area contributed by atoms with Crippen molar-refractivity contribution in [2.24, 2.45) is 0 Å². The van der Waals surface area contributed by atoms with Gasteiger partial charge in [0.25, 0.3) is 0 Å². The van der Waals surface area contributed by atoms with E-state index in [1.807, 2.05) is 0 Å². The predicted octanol–water partition coefficient (Wildman–Crippen LogP) is 3.89. The molecule has 0 heterocycles. The summed E-state index contributed by atoms with van der Waals surface area (Å²) in [5.74, 6) is 0. The van der Waals surface area contributed by atoms with E-state index in [4.69, 9.17) is 4.74 Å². The summed E-state index contributed by atoms with van der Waals surface area (Å²) in [7, 11) is 0. The van der Waals surface area contributed by atoms with Crippen LogP contribution in [-0.4, -0.2) is 25.3 Å². The van der Waals surface area contributed by atoms with Gasteiger partial charge in [-0.25, -0.2) is 0 Å². The summed E-state index contributed by atoms with van der Waals surface area (Å²) in [6, 6.07) is 0.759. The lowest BCUT2D eigenvalue weighted by molar-refractivity contribution is 0.0601. The molecule has 0 saturated heterocycles. The number of rotatable bonds is 9. The molecule has 1 fully saturated rings. The zero-order chi connectivity index (χ0) is 12.3. The first kappa shape index (κ1) is 15.0. The van der Waals surface area contributed by atoms with E-state index in [-0.39, 0.29) is 0 Å². The Hall–Kier alpha value is -0.0800. The van der Waals surface area contributed by atoms with Crippen molar-refractivity contribution in [1.29, 1.82) is 0 Å². The number of hydrogen-bond donors (Lipinski definition) is 1. The second kappa shape index (κ2) is 9.90. The Bertz CT molecular complexity index is 166. The minimum absolute atomic E-state index is 0.374. The fourth-order valence-electron chi connectivity index (χ4n) is 2.51. The smallest absolute Gasteiger partial charge is 0.0671 e. The van der Waals surface area contributed by atoms with Crippen LogP contribution in [0.5, 0.6) is 0 Å². The maximum atomic E-state index is 5.82. The highest BCUT2D eigenvalue weighted by molar-refractivity contribution is 4.72. The van der Waals surface area contributed by atoms with Gasteiger partial charge in [-0.2, -0.15) is 0 Å². The number of unbranched alkanes of at least 4 members (excludes halogenated alkanes) is 3. The monoisotopic (exact) mass is 241 g/mol. The molecule has 1 saturated carbocycles. The number of nitrogens with one attached hydrogen (secondary N) is 1. The largest absolute Gasteiger partial charge is 0.377 e. The standard InChI is InChI=1S/C15H31NO/c1-3-4-5-9-12-17-14(2)13-16-15-10-7-6-8-11-15/h14-16H,3-13H2,1-2H3. The van der Waals surface area contributed by atoms with Gasteiger partial charge in [0.1, 0.15) is 0 Å². The Kier molecular flexibility index (Phi) is 8.72. The minimum Gasteiger partial charge on any atom is -0.377 e. The fraction of sp³-hybridized carbons (Fsp3) is 1.00. The molecule has 102 valence electrons. The van der Waals surface area contributed by atoms with Gasteiger partial charge in [0.15, 0.2) is 0 Å². The van der Waals surface area contributed by atoms with Crippen LogP contribution in [0.3, 0.4) is 0 Å². The molecule has 0 radical (unpaired) electrons. The lowest BCUT2D eigenvalue weighted by Gasteiger charge is -2.24. The molecule has 1 aliphatic rings. The molecule has 1 N–H and O–H groups in total. The molecule has 0 aromatic heterocycles. The van der Waals surface area contributed by atoms with Gasteiger partial charge in [0.2, 0.25) is 0 Å². The summed E-state index contributed by atoms with van der Waals surface area (Å²) in [5, 5.41) is 3.65. The zero-order valence-electron chi connectivity index (χ0n) is 11.8. The highest BCUT2D eigenvalue weighted by atomic mass is 16.5. The van der Waals surface area contributed by atoms with Gasteiger partial charge in [0, 0.05) is 19.2 Å². The van der Waals surface area contributed by atoms with Gasteiger partial charge < -0.3 is 10.1 Å². The van der Waals surface area contributed by atoms with Crippen LogP contribution in [0.2, 0.25) is 0 Å². The van der Waals surface area contributed by atoms with E-state index < -0.39 is 0 Å². The first-order valence-electron chi connectivity index (χ1n) is 7.68.